The van der Waals surface area contributed by atoms with Crippen LogP contribution in [0.1, 0.15) is 16.8 Å². The summed E-state index contributed by atoms with van der Waals surface area (Å²) in [5.41, 5.74) is 1.03. The molecule has 0 spiro atoms. The normalized spacial score (nSPS) is 11.4. The summed E-state index contributed by atoms with van der Waals surface area (Å²) in [6.45, 7) is -0.376. The summed E-state index contributed by atoms with van der Waals surface area (Å²) in [6.07, 6.45) is -2.45. The molecule has 0 saturated carbocycles. The predicted molar refractivity (Wildman–Crippen MR) is 71.2 cm³/mol. The monoisotopic (exact) mass is 297 g/mol. The van der Waals surface area contributed by atoms with Crippen molar-refractivity contribution in [2.45, 2.75) is 12.6 Å². The van der Waals surface area contributed by atoms with Gasteiger partial charge in [-0.1, -0.05) is 18.2 Å². The lowest BCUT2D eigenvalue weighted by Crippen LogP contribution is -2.30. The summed E-state index contributed by atoms with van der Waals surface area (Å²) in [7, 11) is 1.34. The van der Waals surface area contributed by atoms with Crippen LogP contribution in [-0.2, 0) is 0 Å². The van der Waals surface area contributed by atoms with E-state index in [1.807, 2.05) is 30.3 Å². The molecule has 0 fully saturated rings. The third kappa shape index (κ3) is 4.08. The number of rotatable bonds is 4. The highest BCUT2D eigenvalue weighted by Crippen LogP contribution is 2.20. The molecule has 7 heteroatoms. The topological polar surface area (TPSA) is 38.1 Å². The lowest BCUT2D eigenvalue weighted by molar-refractivity contribution is -0.136. The Hall–Kier alpha value is -2.31. The summed E-state index contributed by atoms with van der Waals surface area (Å²) in [5, 5.41) is 4.05. The van der Waals surface area contributed by atoms with Crippen LogP contribution < -0.4 is 0 Å². The first-order chi connectivity index (χ1) is 9.87. The SMILES string of the molecule is CN(CCC(F)(F)F)C(=O)c1cnn(-c2ccccc2)c1. The van der Waals surface area contributed by atoms with Gasteiger partial charge in [-0.2, -0.15) is 18.3 Å². The molecule has 0 aliphatic carbocycles. The number of alkyl halides is 3. The fraction of sp³-hybridized carbons (Fsp3) is 0.286. The van der Waals surface area contributed by atoms with Crippen LogP contribution in [0.2, 0.25) is 0 Å². The summed E-state index contributed by atoms with van der Waals surface area (Å²) in [4.78, 5) is 13.1. The number of hydrogen-bond donors (Lipinski definition) is 0. The Morgan fingerprint density at radius 2 is 1.95 bits per heavy atom. The van der Waals surface area contributed by atoms with Crippen molar-refractivity contribution in [3.8, 4) is 5.69 Å². The molecule has 1 amide bonds. The van der Waals surface area contributed by atoms with Crippen molar-refractivity contribution in [1.82, 2.24) is 14.7 Å². The average molecular weight is 297 g/mol. The quantitative estimate of drug-likeness (QED) is 0.870. The highest BCUT2D eigenvalue weighted by molar-refractivity contribution is 5.93. The van der Waals surface area contributed by atoms with Gasteiger partial charge in [0, 0.05) is 19.8 Å². The largest absolute Gasteiger partial charge is 0.390 e. The Morgan fingerprint density at radius 1 is 1.29 bits per heavy atom. The maximum absolute atomic E-state index is 12.2. The van der Waals surface area contributed by atoms with Gasteiger partial charge in [0.1, 0.15) is 0 Å². The number of para-hydroxylation sites is 1. The van der Waals surface area contributed by atoms with Crippen LogP contribution in [0.4, 0.5) is 13.2 Å². The van der Waals surface area contributed by atoms with E-state index < -0.39 is 18.5 Å². The molecule has 0 unspecified atom stereocenters. The smallest absolute Gasteiger partial charge is 0.341 e. The second kappa shape index (κ2) is 5.99. The molecule has 0 saturated heterocycles. The second-order valence-electron chi connectivity index (χ2n) is 4.60. The van der Waals surface area contributed by atoms with Crippen LogP contribution in [0.5, 0.6) is 0 Å². The van der Waals surface area contributed by atoms with Crippen molar-refractivity contribution in [2.75, 3.05) is 13.6 Å². The number of halogens is 3. The molecule has 0 aliphatic heterocycles. The summed E-state index contributed by atoms with van der Waals surface area (Å²) >= 11 is 0. The maximum atomic E-state index is 12.2. The first-order valence-corrected chi connectivity index (χ1v) is 6.29. The van der Waals surface area contributed by atoms with Crippen molar-refractivity contribution >= 4 is 5.91 Å². The number of hydrogen-bond acceptors (Lipinski definition) is 2. The van der Waals surface area contributed by atoms with Gasteiger partial charge in [0.05, 0.1) is 23.9 Å². The molecular formula is C14H14F3N3O. The molecule has 2 aromatic rings. The van der Waals surface area contributed by atoms with E-state index in [0.29, 0.717) is 0 Å². The highest BCUT2D eigenvalue weighted by Gasteiger charge is 2.28. The zero-order chi connectivity index (χ0) is 15.5. The number of aromatic nitrogens is 2. The molecule has 0 aliphatic rings. The molecule has 112 valence electrons. The van der Waals surface area contributed by atoms with Crippen molar-refractivity contribution in [1.29, 1.82) is 0 Å². The van der Waals surface area contributed by atoms with Crippen LogP contribution in [0, 0.1) is 0 Å². The lowest BCUT2D eigenvalue weighted by atomic mass is 10.3. The van der Waals surface area contributed by atoms with Gasteiger partial charge in [-0.25, -0.2) is 4.68 Å². The minimum Gasteiger partial charge on any atom is -0.341 e. The zero-order valence-electron chi connectivity index (χ0n) is 11.3. The molecular weight excluding hydrogens is 283 g/mol. The van der Waals surface area contributed by atoms with E-state index in [2.05, 4.69) is 5.10 Å². The fourth-order valence-corrected chi connectivity index (χ4v) is 1.77. The van der Waals surface area contributed by atoms with Crippen LogP contribution in [0.3, 0.4) is 0 Å². The third-order valence-electron chi connectivity index (χ3n) is 2.93. The maximum Gasteiger partial charge on any atom is 0.390 e. The van der Waals surface area contributed by atoms with Crippen molar-refractivity contribution in [3.63, 3.8) is 0 Å². The van der Waals surface area contributed by atoms with Gasteiger partial charge in [0.25, 0.3) is 5.91 Å². The Labute approximate surface area is 119 Å². The molecule has 4 nitrogen and oxygen atoms in total. The van der Waals surface area contributed by atoms with Gasteiger partial charge < -0.3 is 4.90 Å². The number of amides is 1. The second-order valence-corrected chi connectivity index (χ2v) is 4.60. The Kier molecular flexibility index (Phi) is 4.30. The van der Waals surface area contributed by atoms with Crippen LogP contribution >= 0.6 is 0 Å². The highest BCUT2D eigenvalue weighted by atomic mass is 19.4. The average Bonchev–Trinajstić information content (AvgIpc) is 2.94. The lowest BCUT2D eigenvalue weighted by Gasteiger charge is -2.17. The molecule has 1 aromatic heterocycles. The van der Waals surface area contributed by atoms with Crippen molar-refractivity contribution in [3.05, 3.63) is 48.3 Å². The van der Waals surface area contributed by atoms with Gasteiger partial charge in [-0.15, -0.1) is 0 Å². The van der Waals surface area contributed by atoms with E-state index in [4.69, 9.17) is 0 Å². The minimum atomic E-state index is -4.28. The van der Waals surface area contributed by atoms with E-state index in [9.17, 15) is 18.0 Å². The molecule has 0 radical (unpaired) electrons. The van der Waals surface area contributed by atoms with E-state index in [0.717, 1.165) is 10.6 Å². The minimum absolute atomic E-state index is 0.253. The van der Waals surface area contributed by atoms with Crippen LogP contribution in [0.25, 0.3) is 5.69 Å². The Balaban J connectivity index is 2.05. The Morgan fingerprint density at radius 3 is 2.57 bits per heavy atom. The van der Waals surface area contributed by atoms with Crippen LogP contribution in [-0.4, -0.2) is 40.4 Å². The zero-order valence-corrected chi connectivity index (χ0v) is 11.3. The Bertz CT molecular complexity index is 607. The van der Waals surface area contributed by atoms with Gasteiger partial charge >= 0.3 is 6.18 Å². The predicted octanol–water partition coefficient (Wildman–Crippen LogP) is 2.90. The first kappa shape index (κ1) is 15.1. The van der Waals surface area contributed by atoms with Gasteiger partial charge in [0.2, 0.25) is 0 Å². The van der Waals surface area contributed by atoms with E-state index in [1.54, 1.807) is 0 Å². The summed E-state index contributed by atoms with van der Waals surface area (Å²) in [6, 6.07) is 9.13. The molecule has 1 aromatic carbocycles. The van der Waals surface area contributed by atoms with E-state index in [-0.39, 0.29) is 12.1 Å². The number of carbonyl (C=O) groups excluding carboxylic acids is 1. The molecule has 1 heterocycles. The van der Waals surface area contributed by atoms with E-state index >= 15 is 0 Å². The third-order valence-corrected chi connectivity index (χ3v) is 2.93. The number of nitrogens with zero attached hydrogens (tertiary/aromatic N) is 3. The van der Waals surface area contributed by atoms with Gasteiger partial charge in [-0.05, 0) is 12.1 Å². The van der Waals surface area contributed by atoms with Crippen molar-refractivity contribution in [2.24, 2.45) is 0 Å². The first-order valence-electron chi connectivity index (χ1n) is 6.29. The summed E-state index contributed by atoms with van der Waals surface area (Å²) < 4.78 is 38.0. The summed E-state index contributed by atoms with van der Waals surface area (Å²) in [5.74, 6) is -0.485. The van der Waals surface area contributed by atoms with Crippen LogP contribution in [0.15, 0.2) is 42.7 Å². The molecule has 0 atom stereocenters. The molecule has 0 bridgehead atoms. The van der Waals surface area contributed by atoms with Crippen molar-refractivity contribution < 1.29 is 18.0 Å². The number of carbonyl (C=O) groups is 1. The molecule has 2 rings (SSSR count). The van der Waals surface area contributed by atoms with Gasteiger partial charge in [0.15, 0.2) is 0 Å². The van der Waals surface area contributed by atoms with Gasteiger partial charge in [-0.3, -0.25) is 4.79 Å². The fourth-order valence-electron chi connectivity index (χ4n) is 1.77. The molecule has 0 N–H and O–H groups in total. The van der Waals surface area contributed by atoms with E-state index in [1.165, 1.54) is 24.1 Å². The molecule has 21 heavy (non-hydrogen) atoms. The number of benzene rings is 1. The standard InChI is InChI=1S/C14H14F3N3O/c1-19(8-7-14(15,16)17)13(21)11-9-18-20(10-11)12-5-3-2-4-6-12/h2-6,9-10H,7-8H2,1H3.